The van der Waals surface area contributed by atoms with Crippen molar-refractivity contribution < 1.29 is 4.74 Å². The van der Waals surface area contributed by atoms with Crippen LogP contribution in [0.4, 0.5) is 0 Å². The summed E-state index contributed by atoms with van der Waals surface area (Å²) in [5, 5.41) is 3.42. The van der Waals surface area contributed by atoms with Crippen molar-refractivity contribution in [3.05, 3.63) is 48.0 Å². The Labute approximate surface area is 111 Å². The summed E-state index contributed by atoms with van der Waals surface area (Å²) in [6.07, 6.45) is 4.01. The molecule has 0 aliphatic carbocycles. The molecule has 0 aromatic heterocycles. The van der Waals surface area contributed by atoms with E-state index in [9.17, 15) is 0 Å². The number of unbranched alkanes of at least 4 members (excludes halogenated alkanes) is 1. The molecular weight excluding hydrogens is 222 g/mol. The van der Waals surface area contributed by atoms with Gasteiger partial charge in [0, 0.05) is 19.2 Å². The second-order valence-electron chi connectivity index (χ2n) is 4.84. The third-order valence-corrected chi connectivity index (χ3v) is 2.67. The Morgan fingerprint density at radius 3 is 2.83 bits per heavy atom. The van der Waals surface area contributed by atoms with E-state index in [-0.39, 0.29) is 0 Å². The molecule has 2 heteroatoms. The van der Waals surface area contributed by atoms with Crippen molar-refractivity contribution in [1.82, 2.24) is 5.32 Å². The van der Waals surface area contributed by atoms with E-state index >= 15 is 0 Å². The molecule has 0 spiro atoms. The van der Waals surface area contributed by atoms with E-state index in [1.807, 2.05) is 6.08 Å². The molecule has 0 heterocycles. The summed E-state index contributed by atoms with van der Waals surface area (Å²) in [6, 6.07) is 9.09. The summed E-state index contributed by atoms with van der Waals surface area (Å²) in [5.74, 6) is 0. The fourth-order valence-corrected chi connectivity index (χ4v) is 1.67. The SMILES string of the molecule is C=CCCCOCc1cccc(CNC(C)C)c1. The van der Waals surface area contributed by atoms with Gasteiger partial charge in [-0.25, -0.2) is 0 Å². The van der Waals surface area contributed by atoms with Gasteiger partial charge < -0.3 is 10.1 Å². The largest absolute Gasteiger partial charge is 0.377 e. The Hall–Kier alpha value is -1.12. The van der Waals surface area contributed by atoms with E-state index < -0.39 is 0 Å². The fraction of sp³-hybridized carbons (Fsp3) is 0.500. The van der Waals surface area contributed by atoms with Crippen molar-refractivity contribution in [2.45, 2.75) is 45.9 Å². The second kappa shape index (κ2) is 8.90. The first-order chi connectivity index (χ1) is 8.72. The number of hydrogen-bond acceptors (Lipinski definition) is 2. The van der Waals surface area contributed by atoms with Crippen LogP contribution in [0.5, 0.6) is 0 Å². The van der Waals surface area contributed by atoms with E-state index in [2.05, 4.69) is 50.0 Å². The van der Waals surface area contributed by atoms with Gasteiger partial charge in [-0.05, 0) is 24.0 Å². The average Bonchev–Trinajstić information content (AvgIpc) is 2.37. The van der Waals surface area contributed by atoms with Crippen molar-refractivity contribution in [3.63, 3.8) is 0 Å². The van der Waals surface area contributed by atoms with Crippen molar-refractivity contribution in [1.29, 1.82) is 0 Å². The Balaban J connectivity index is 2.32. The molecule has 1 rings (SSSR count). The Morgan fingerprint density at radius 2 is 2.11 bits per heavy atom. The van der Waals surface area contributed by atoms with E-state index in [1.165, 1.54) is 11.1 Å². The quantitative estimate of drug-likeness (QED) is 0.531. The number of nitrogens with one attached hydrogen (secondary N) is 1. The van der Waals surface area contributed by atoms with Gasteiger partial charge in [-0.2, -0.15) is 0 Å². The third kappa shape index (κ3) is 6.58. The van der Waals surface area contributed by atoms with Crippen molar-refractivity contribution >= 4 is 0 Å². The van der Waals surface area contributed by atoms with Gasteiger partial charge in [0.1, 0.15) is 0 Å². The number of ether oxygens (including phenoxy) is 1. The normalized spacial score (nSPS) is 10.8. The van der Waals surface area contributed by atoms with Crippen molar-refractivity contribution in [2.24, 2.45) is 0 Å². The van der Waals surface area contributed by atoms with E-state index in [1.54, 1.807) is 0 Å². The van der Waals surface area contributed by atoms with Crippen LogP contribution in [0.15, 0.2) is 36.9 Å². The molecule has 0 saturated heterocycles. The number of rotatable bonds is 9. The van der Waals surface area contributed by atoms with Gasteiger partial charge in [0.25, 0.3) is 0 Å². The van der Waals surface area contributed by atoms with Gasteiger partial charge in [-0.3, -0.25) is 0 Å². The van der Waals surface area contributed by atoms with E-state index in [0.29, 0.717) is 12.6 Å². The fourth-order valence-electron chi connectivity index (χ4n) is 1.67. The van der Waals surface area contributed by atoms with Gasteiger partial charge in [-0.1, -0.05) is 44.2 Å². The lowest BCUT2D eigenvalue weighted by Crippen LogP contribution is -2.21. The van der Waals surface area contributed by atoms with Gasteiger partial charge in [0.15, 0.2) is 0 Å². The zero-order valence-electron chi connectivity index (χ0n) is 11.6. The van der Waals surface area contributed by atoms with Crippen LogP contribution >= 0.6 is 0 Å². The second-order valence-corrected chi connectivity index (χ2v) is 4.84. The minimum Gasteiger partial charge on any atom is -0.377 e. The summed E-state index contributed by atoms with van der Waals surface area (Å²) in [4.78, 5) is 0. The summed E-state index contributed by atoms with van der Waals surface area (Å²) in [7, 11) is 0. The third-order valence-electron chi connectivity index (χ3n) is 2.67. The van der Waals surface area contributed by atoms with Crippen LogP contribution in [0.25, 0.3) is 0 Å². The lowest BCUT2D eigenvalue weighted by atomic mass is 10.1. The predicted octanol–water partition coefficient (Wildman–Crippen LogP) is 3.67. The monoisotopic (exact) mass is 247 g/mol. The molecule has 0 atom stereocenters. The molecule has 1 aromatic carbocycles. The molecule has 1 N–H and O–H groups in total. The highest BCUT2D eigenvalue weighted by Gasteiger charge is 1.98. The summed E-state index contributed by atoms with van der Waals surface area (Å²) < 4.78 is 5.63. The molecule has 1 aromatic rings. The smallest absolute Gasteiger partial charge is 0.0716 e. The first-order valence-corrected chi connectivity index (χ1v) is 6.72. The zero-order chi connectivity index (χ0) is 13.2. The molecule has 0 aliphatic heterocycles. The van der Waals surface area contributed by atoms with Crippen LogP contribution in [0.3, 0.4) is 0 Å². The number of allylic oxidation sites excluding steroid dienone is 1. The minimum absolute atomic E-state index is 0.517. The molecule has 0 amide bonds. The van der Waals surface area contributed by atoms with Gasteiger partial charge in [-0.15, -0.1) is 6.58 Å². The summed E-state index contributed by atoms with van der Waals surface area (Å²) in [6.45, 7) is 10.4. The molecule has 0 bridgehead atoms. The highest BCUT2D eigenvalue weighted by Crippen LogP contribution is 2.07. The first kappa shape index (κ1) is 14.9. The molecular formula is C16H25NO. The van der Waals surface area contributed by atoms with Crippen LogP contribution in [0.1, 0.15) is 37.8 Å². The molecule has 18 heavy (non-hydrogen) atoms. The predicted molar refractivity (Wildman–Crippen MR) is 77.5 cm³/mol. The van der Waals surface area contributed by atoms with Crippen molar-refractivity contribution in [2.75, 3.05) is 6.61 Å². The Bertz CT molecular complexity index is 347. The van der Waals surface area contributed by atoms with Crippen LogP contribution in [-0.2, 0) is 17.9 Å². The van der Waals surface area contributed by atoms with E-state index in [0.717, 1.165) is 26.0 Å². The van der Waals surface area contributed by atoms with Gasteiger partial charge in [0.05, 0.1) is 6.61 Å². The van der Waals surface area contributed by atoms with Crippen LogP contribution in [-0.4, -0.2) is 12.6 Å². The van der Waals surface area contributed by atoms with Crippen LogP contribution in [0, 0.1) is 0 Å². The number of hydrogen-bond donors (Lipinski definition) is 1. The standard InChI is InChI=1S/C16H25NO/c1-4-5-6-10-18-13-16-9-7-8-15(11-16)12-17-14(2)3/h4,7-9,11,14,17H,1,5-6,10,12-13H2,2-3H3. The topological polar surface area (TPSA) is 21.3 Å². The van der Waals surface area contributed by atoms with Crippen LogP contribution in [0.2, 0.25) is 0 Å². The molecule has 0 unspecified atom stereocenters. The maximum Gasteiger partial charge on any atom is 0.0716 e. The minimum atomic E-state index is 0.517. The van der Waals surface area contributed by atoms with Gasteiger partial charge in [0.2, 0.25) is 0 Å². The average molecular weight is 247 g/mol. The molecule has 0 saturated carbocycles. The molecule has 100 valence electrons. The summed E-state index contributed by atoms with van der Waals surface area (Å²) >= 11 is 0. The summed E-state index contributed by atoms with van der Waals surface area (Å²) in [5.41, 5.74) is 2.56. The van der Waals surface area contributed by atoms with E-state index in [4.69, 9.17) is 4.74 Å². The van der Waals surface area contributed by atoms with Crippen LogP contribution < -0.4 is 5.32 Å². The lowest BCUT2D eigenvalue weighted by molar-refractivity contribution is 0.119. The lowest BCUT2D eigenvalue weighted by Gasteiger charge is -2.09. The zero-order valence-corrected chi connectivity index (χ0v) is 11.6. The number of benzene rings is 1. The van der Waals surface area contributed by atoms with Crippen molar-refractivity contribution in [3.8, 4) is 0 Å². The molecule has 0 fully saturated rings. The maximum atomic E-state index is 5.63. The Morgan fingerprint density at radius 1 is 1.33 bits per heavy atom. The highest BCUT2D eigenvalue weighted by atomic mass is 16.5. The molecule has 2 nitrogen and oxygen atoms in total. The molecule has 0 aliphatic rings. The Kier molecular flexibility index (Phi) is 7.38. The molecule has 0 radical (unpaired) electrons. The first-order valence-electron chi connectivity index (χ1n) is 6.72. The maximum absolute atomic E-state index is 5.63. The highest BCUT2D eigenvalue weighted by molar-refractivity contribution is 5.22. The van der Waals surface area contributed by atoms with Gasteiger partial charge >= 0.3 is 0 Å².